The highest BCUT2D eigenvalue weighted by molar-refractivity contribution is 7.79. The second-order valence-corrected chi connectivity index (χ2v) is 2.28. The molecule has 0 rings (SSSR count). The van der Waals surface area contributed by atoms with Crippen LogP contribution in [0.3, 0.4) is 0 Å². The van der Waals surface area contributed by atoms with Crippen LogP contribution in [0.4, 0.5) is 4.39 Å². The summed E-state index contributed by atoms with van der Waals surface area (Å²) in [7, 11) is 0. The molecule has 0 amide bonds. The van der Waals surface area contributed by atoms with Crippen LogP contribution in [0, 0.1) is 0 Å². The first-order valence-corrected chi connectivity index (χ1v) is 3.15. The molecule has 0 radical (unpaired) electrons. The molecule has 0 aliphatic carbocycles. The Bertz CT molecular complexity index is 76.1. The lowest BCUT2D eigenvalue weighted by Crippen LogP contribution is -2.03. The van der Waals surface area contributed by atoms with E-state index < -0.39 is 22.5 Å². The van der Waals surface area contributed by atoms with Crippen LogP contribution < -0.4 is 0 Å². The Morgan fingerprint density at radius 2 is 2.43 bits per heavy atom. The molecule has 0 fully saturated rings. The third-order valence-electron chi connectivity index (χ3n) is 0.262. The minimum atomic E-state index is -2.35. The van der Waals surface area contributed by atoms with Gasteiger partial charge in [-0.2, -0.15) is 0 Å². The van der Waals surface area contributed by atoms with Crippen LogP contribution in [0.5, 0.6) is 0 Å². The van der Waals surface area contributed by atoms with Crippen LogP contribution in [-0.4, -0.2) is 20.1 Å². The van der Waals surface area contributed by atoms with Crippen molar-refractivity contribution in [2.45, 2.75) is 5.63 Å². The molecule has 0 aliphatic heterocycles. The molecule has 0 heterocycles. The fraction of sp³-hybridized carbons (Fsp3) is 1.00. The first-order valence-electron chi connectivity index (χ1n) is 1.47. The fourth-order valence-corrected chi connectivity index (χ4v) is 0.617. The normalized spacial score (nSPS) is 18.7. The van der Waals surface area contributed by atoms with Crippen LogP contribution in [0.25, 0.3) is 0 Å². The highest BCUT2D eigenvalue weighted by Gasteiger charge is 1.96. The van der Waals surface area contributed by atoms with Crippen molar-refractivity contribution in [1.82, 2.24) is 0 Å². The largest absolute Gasteiger partial charge is 0.772 e. The number of hydrogen-bond donors (Lipinski definition) is 0. The summed E-state index contributed by atoms with van der Waals surface area (Å²) in [6.45, 7) is 0. The van der Waals surface area contributed by atoms with Gasteiger partial charge in [0.05, 0.1) is 5.75 Å². The summed E-state index contributed by atoms with van der Waals surface area (Å²) in [5.41, 5.74) is -1.77. The molecule has 0 spiro atoms. The molecule has 44 valence electrons. The number of hydrogen-bond acceptors (Lipinski definition) is 2. The third-order valence-corrected chi connectivity index (χ3v) is 1.16. The first kappa shape index (κ1) is 7.33. The maximum Gasteiger partial charge on any atom is 0.183 e. The first-order chi connectivity index (χ1) is 3.13. The Labute approximate surface area is 48.0 Å². The van der Waals surface area contributed by atoms with Gasteiger partial charge in [0.25, 0.3) is 0 Å². The van der Waals surface area contributed by atoms with E-state index in [1.54, 1.807) is 0 Å². The van der Waals surface area contributed by atoms with E-state index in [-0.39, 0.29) is 0 Å². The van der Waals surface area contributed by atoms with Gasteiger partial charge < -0.3 is 4.55 Å². The van der Waals surface area contributed by atoms with Crippen LogP contribution in [-0.2, 0) is 11.1 Å². The van der Waals surface area contributed by atoms with Crippen molar-refractivity contribution in [1.29, 1.82) is 0 Å². The zero-order valence-corrected chi connectivity index (χ0v) is 4.84. The van der Waals surface area contributed by atoms with Crippen molar-refractivity contribution in [3.8, 4) is 0 Å². The highest BCUT2D eigenvalue weighted by atomic mass is 35.5. The van der Waals surface area contributed by atoms with Gasteiger partial charge in [-0.25, -0.2) is 4.39 Å². The Morgan fingerprint density at radius 1 is 2.00 bits per heavy atom. The summed E-state index contributed by atoms with van der Waals surface area (Å²) in [6.07, 6.45) is 0. The van der Waals surface area contributed by atoms with E-state index in [2.05, 4.69) is 11.6 Å². The Balaban J connectivity index is 3.13. The summed E-state index contributed by atoms with van der Waals surface area (Å²) in [5, 5.41) is 0. The molecular formula is C2H3ClFO2S-. The van der Waals surface area contributed by atoms with Crippen molar-refractivity contribution in [2.24, 2.45) is 0 Å². The number of halogens is 2. The summed E-state index contributed by atoms with van der Waals surface area (Å²) in [6, 6.07) is 0. The standard InChI is InChI=1S/C2H4ClFO2S/c3-2(4)1-7(5)6/h2H,1H2,(H,5,6)/p-1. The second kappa shape index (κ2) is 3.35. The van der Waals surface area contributed by atoms with Crippen molar-refractivity contribution in [3.63, 3.8) is 0 Å². The molecule has 5 heteroatoms. The summed E-state index contributed by atoms with van der Waals surface area (Å²) >= 11 is 2.26. The van der Waals surface area contributed by atoms with Crippen molar-refractivity contribution in [3.05, 3.63) is 0 Å². The highest BCUT2D eigenvalue weighted by Crippen LogP contribution is 1.96. The maximum absolute atomic E-state index is 11.3. The van der Waals surface area contributed by atoms with E-state index in [1.165, 1.54) is 0 Å². The molecule has 0 saturated heterocycles. The van der Waals surface area contributed by atoms with Crippen LogP contribution in [0.2, 0.25) is 0 Å². The molecule has 2 atom stereocenters. The minimum Gasteiger partial charge on any atom is -0.772 e. The average Bonchev–Trinajstić information content (AvgIpc) is 1.27. The smallest absolute Gasteiger partial charge is 0.183 e. The predicted molar refractivity (Wildman–Crippen MR) is 24.5 cm³/mol. The number of alkyl halides is 2. The zero-order valence-electron chi connectivity index (χ0n) is 3.27. The number of rotatable bonds is 2. The van der Waals surface area contributed by atoms with Gasteiger partial charge in [-0.1, -0.05) is 22.7 Å². The molecule has 2 nitrogen and oxygen atoms in total. The molecule has 0 bridgehead atoms. The molecule has 2 unspecified atom stereocenters. The maximum atomic E-state index is 11.3. The quantitative estimate of drug-likeness (QED) is 0.417. The predicted octanol–water partition coefficient (Wildman–Crippen LogP) is 0.400. The monoisotopic (exact) mass is 145 g/mol. The lowest BCUT2D eigenvalue weighted by molar-refractivity contribution is 0.461. The molecule has 0 aliphatic rings. The van der Waals surface area contributed by atoms with Crippen LogP contribution in [0.1, 0.15) is 0 Å². The van der Waals surface area contributed by atoms with Crippen molar-refractivity contribution < 1.29 is 13.2 Å². The fourth-order valence-electron chi connectivity index (χ4n) is 0.103. The lowest BCUT2D eigenvalue weighted by Gasteiger charge is -2.01. The molecule has 0 aromatic rings. The van der Waals surface area contributed by atoms with E-state index in [0.29, 0.717) is 0 Å². The van der Waals surface area contributed by atoms with Gasteiger partial charge in [0.1, 0.15) is 0 Å². The van der Waals surface area contributed by atoms with E-state index in [1.807, 2.05) is 0 Å². The van der Waals surface area contributed by atoms with Gasteiger partial charge >= 0.3 is 0 Å². The summed E-state index contributed by atoms with van der Waals surface area (Å²) in [4.78, 5) is 0. The van der Waals surface area contributed by atoms with E-state index in [0.717, 1.165) is 0 Å². The summed E-state index contributed by atoms with van der Waals surface area (Å²) in [5.74, 6) is -0.623. The molecular weight excluding hydrogens is 143 g/mol. The van der Waals surface area contributed by atoms with Crippen LogP contribution in [0.15, 0.2) is 0 Å². The van der Waals surface area contributed by atoms with Gasteiger partial charge in [-0.15, -0.1) is 0 Å². The molecule has 0 saturated carbocycles. The van der Waals surface area contributed by atoms with Crippen LogP contribution >= 0.6 is 11.6 Å². The third kappa shape index (κ3) is 6.33. The summed E-state index contributed by atoms with van der Waals surface area (Å²) < 4.78 is 30.3. The van der Waals surface area contributed by atoms with Crippen molar-refractivity contribution in [2.75, 3.05) is 5.75 Å². The minimum absolute atomic E-state index is 0.623. The van der Waals surface area contributed by atoms with Gasteiger partial charge in [-0.3, -0.25) is 4.21 Å². The SMILES string of the molecule is O=S([O-])CC(F)Cl. The molecule has 0 N–H and O–H groups in total. The van der Waals surface area contributed by atoms with Gasteiger partial charge in [-0.05, 0) is 0 Å². The van der Waals surface area contributed by atoms with Gasteiger partial charge in [0, 0.05) is 0 Å². The van der Waals surface area contributed by atoms with Gasteiger partial charge in [0.15, 0.2) is 5.63 Å². The zero-order chi connectivity index (χ0) is 5.86. The van der Waals surface area contributed by atoms with Crippen molar-refractivity contribution >= 4 is 22.7 Å². The van der Waals surface area contributed by atoms with E-state index >= 15 is 0 Å². The molecule has 7 heavy (non-hydrogen) atoms. The van der Waals surface area contributed by atoms with E-state index in [9.17, 15) is 13.2 Å². The molecule has 0 aromatic carbocycles. The lowest BCUT2D eigenvalue weighted by atomic mass is 10.9. The van der Waals surface area contributed by atoms with E-state index in [4.69, 9.17) is 0 Å². The Morgan fingerprint density at radius 3 is 2.43 bits per heavy atom. The average molecular weight is 146 g/mol. The Hall–Kier alpha value is 0.330. The molecule has 0 aromatic heterocycles. The van der Waals surface area contributed by atoms with Gasteiger partial charge in [0.2, 0.25) is 0 Å². The second-order valence-electron chi connectivity index (χ2n) is 0.861. The Kier molecular flexibility index (Phi) is 3.50. The topological polar surface area (TPSA) is 40.1 Å².